The van der Waals surface area contributed by atoms with Gasteiger partial charge in [0.15, 0.2) is 0 Å². The highest BCUT2D eigenvalue weighted by Crippen LogP contribution is 2.25. The minimum absolute atomic E-state index is 0.133. The van der Waals surface area contributed by atoms with Gasteiger partial charge in [-0.15, -0.1) is 11.3 Å². The van der Waals surface area contributed by atoms with Crippen molar-refractivity contribution in [1.82, 2.24) is 0 Å². The van der Waals surface area contributed by atoms with E-state index in [1.165, 1.54) is 17.4 Å². The molecule has 0 bridgehead atoms. The largest absolute Gasteiger partial charge is 0.487 e. The molecule has 0 saturated heterocycles. The molecule has 0 aliphatic carbocycles. The van der Waals surface area contributed by atoms with Gasteiger partial charge in [-0.25, -0.2) is 9.18 Å². The summed E-state index contributed by atoms with van der Waals surface area (Å²) < 4.78 is 18.9. The summed E-state index contributed by atoms with van der Waals surface area (Å²) in [6.07, 6.45) is 0. The quantitative estimate of drug-likeness (QED) is 0.929. The molecule has 0 radical (unpaired) electrons. The van der Waals surface area contributed by atoms with E-state index in [0.29, 0.717) is 4.34 Å². The van der Waals surface area contributed by atoms with Crippen LogP contribution in [0.5, 0.6) is 5.75 Å². The molecule has 94 valence electrons. The van der Waals surface area contributed by atoms with Gasteiger partial charge in [-0.2, -0.15) is 0 Å². The third kappa shape index (κ3) is 3.00. The van der Waals surface area contributed by atoms with E-state index in [0.717, 1.165) is 17.0 Å². The Morgan fingerprint density at radius 1 is 1.39 bits per heavy atom. The number of carboxylic acid groups (broad SMARTS) is 1. The summed E-state index contributed by atoms with van der Waals surface area (Å²) in [6, 6.07) is 6.90. The number of hydrogen-bond donors (Lipinski definition) is 1. The van der Waals surface area contributed by atoms with Gasteiger partial charge in [0.2, 0.25) is 0 Å². The lowest BCUT2D eigenvalue weighted by Crippen LogP contribution is -2.03. The first kappa shape index (κ1) is 12.9. The normalized spacial score (nSPS) is 10.3. The van der Waals surface area contributed by atoms with Crippen LogP contribution in [0.2, 0.25) is 4.34 Å². The number of carboxylic acids is 1. The van der Waals surface area contributed by atoms with Gasteiger partial charge in [0.05, 0.1) is 4.34 Å². The Kier molecular flexibility index (Phi) is 3.84. The van der Waals surface area contributed by atoms with Gasteiger partial charge in [-0.05, 0) is 30.3 Å². The Labute approximate surface area is 111 Å². The molecule has 1 heterocycles. The molecule has 0 atom stereocenters. The number of benzene rings is 1. The van der Waals surface area contributed by atoms with Crippen molar-refractivity contribution in [2.75, 3.05) is 0 Å². The number of rotatable bonds is 4. The molecule has 0 aliphatic heterocycles. The molecule has 3 nitrogen and oxygen atoms in total. The summed E-state index contributed by atoms with van der Waals surface area (Å²) in [5.41, 5.74) is -0.197. The van der Waals surface area contributed by atoms with Crippen LogP contribution < -0.4 is 4.74 Å². The van der Waals surface area contributed by atoms with Crippen molar-refractivity contribution in [3.8, 4) is 5.75 Å². The van der Waals surface area contributed by atoms with E-state index < -0.39 is 11.8 Å². The summed E-state index contributed by atoms with van der Waals surface area (Å²) in [7, 11) is 0. The van der Waals surface area contributed by atoms with E-state index >= 15 is 0 Å². The minimum atomic E-state index is -1.23. The molecule has 1 N–H and O–H groups in total. The lowest BCUT2D eigenvalue weighted by Gasteiger charge is -2.07. The van der Waals surface area contributed by atoms with Crippen molar-refractivity contribution in [1.29, 1.82) is 0 Å². The number of aromatic carboxylic acids is 1. The molecule has 0 amide bonds. The summed E-state index contributed by atoms with van der Waals surface area (Å²) in [4.78, 5) is 11.8. The Balaban J connectivity index is 2.16. The zero-order valence-corrected chi connectivity index (χ0v) is 10.6. The lowest BCUT2D eigenvalue weighted by atomic mass is 10.2. The highest BCUT2D eigenvalue weighted by molar-refractivity contribution is 7.16. The van der Waals surface area contributed by atoms with Crippen molar-refractivity contribution in [2.45, 2.75) is 6.61 Å². The third-order valence-electron chi connectivity index (χ3n) is 2.17. The zero-order valence-electron chi connectivity index (χ0n) is 9.02. The van der Waals surface area contributed by atoms with Gasteiger partial charge < -0.3 is 9.84 Å². The maximum Gasteiger partial charge on any atom is 0.339 e. The van der Waals surface area contributed by atoms with Crippen molar-refractivity contribution in [3.05, 3.63) is 50.9 Å². The minimum Gasteiger partial charge on any atom is -0.487 e. The number of hydrogen-bond acceptors (Lipinski definition) is 3. The Morgan fingerprint density at radius 3 is 2.78 bits per heavy atom. The van der Waals surface area contributed by atoms with Gasteiger partial charge in [-0.1, -0.05) is 11.6 Å². The first-order chi connectivity index (χ1) is 8.56. The van der Waals surface area contributed by atoms with Crippen LogP contribution in [0.15, 0.2) is 30.3 Å². The van der Waals surface area contributed by atoms with Crippen LogP contribution in [0.25, 0.3) is 0 Å². The molecule has 0 saturated carbocycles. The number of halogens is 2. The second kappa shape index (κ2) is 5.37. The Morgan fingerprint density at radius 2 is 2.17 bits per heavy atom. The zero-order chi connectivity index (χ0) is 13.1. The number of thiophene rings is 1. The van der Waals surface area contributed by atoms with Crippen LogP contribution in [-0.2, 0) is 6.61 Å². The van der Waals surface area contributed by atoms with Crippen molar-refractivity contribution in [3.63, 3.8) is 0 Å². The molecule has 0 spiro atoms. The Bertz CT molecular complexity index is 582. The highest BCUT2D eigenvalue weighted by atomic mass is 35.5. The fourth-order valence-electron chi connectivity index (χ4n) is 1.37. The molecule has 2 aromatic rings. The van der Waals surface area contributed by atoms with E-state index in [2.05, 4.69) is 0 Å². The van der Waals surface area contributed by atoms with E-state index in [1.807, 2.05) is 0 Å². The smallest absolute Gasteiger partial charge is 0.339 e. The van der Waals surface area contributed by atoms with Crippen LogP contribution in [0, 0.1) is 5.82 Å². The summed E-state index contributed by atoms with van der Waals surface area (Å²) in [5, 5.41) is 8.93. The second-order valence-corrected chi connectivity index (χ2v) is 5.24. The number of carbonyl (C=O) groups is 1. The summed E-state index contributed by atoms with van der Waals surface area (Å²) in [6.45, 7) is 0.198. The maximum atomic E-state index is 12.9. The molecular weight excluding hydrogens is 279 g/mol. The van der Waals surface area contributed by atoms with Crippen molar-refractivity contribution >= 4 is 28.9 Å². The maximum absolute atomic E-state index is 12.9. The molecule has 2 rings (SSSR count). The van der Waals surface area contributed by atoms with Crippen LogP contribution >= 0.6 is 22.9 Å². The predicted octanol–water partition coefficient (Wildman–Crippen LogP) is 3.82. The summed E-state index contributed by atoms with van der Waals surface area (Å²) in [5.74, 6) is -1.71. The van der Waals surface area contributed by atoms with Crippen LogP contribution in [0.3, 0.4) is 0 Å². The summed E-state index contributed by atoms with van der Waals surface area (Å²) >= 11 is 7.11. The average molecular weight is 287 g/mol. The van der Waals surface area contributed by atoms with E-state index in [4.69, 9.17) is 21.4 Å². The van der Waals surface area contributed by atoms with Gasteiger partial charge in [0, 0.05) is 4.88 Å². The monoisotopic (exact) mass is 286 g/mol. The Hall–Kier alpha value is -1.59. The first-order valence-corrected chi connectivity index (χ1v) is 6.15. The molecule has 1 aromatic heterocycles. The SMILES string of the molecule is O=C(O)c1cc(F)ccc1OCc1ccc(Cl)s1. The van der Waals surface area contributed by atoms with E-state index in [9.17, 15) is 9.18 Å². The number of ether oxygens (including phenoxy) is 1. The van der Waals surface area contributed by atoms with Crippen LogP contribution in [0.1, 0.15) is 15.2 Å². The lowest BCUT2D eigenvalue weighted by molar-refractivity contribution is 0.0691. The fourth-order valence-corrected chi connectivity index (χ4v) is 2.37. The van der Waals surface area contributed by atoms with Crippen LogP contribution in [-0.4, -0.2) is 11.1 Å². The second-order valence-electron chi connectivity index (χ2n) is 3.44. The molecule has 0 unspecified atom stereocenters. The van der Waals surface area contributed by atoms with Gasteiger partial charge >= 0.3 is 5.97 Å². The van der Waals surface area contributed by atoms with Crippen molar-refractivity contribution in [2.24, 2.45) is 0 Å². The topological polar surface area (TPSA) is 46.5 Å². The third-order valence-corrected chi connectivity index (χ3v) is 3.38. The van der Waals surface area contributed by atoms with Crippen LogP contribution in [0.4, 0.5) is 4.39 Å². The first-order valence-electron chi connectivity index (χ1n) is 4.96. The van der Waals surface area contributed by atoms with Gasteiger partial charge in [0.1, 0.15) is 23.7 Å². The highest BCUT2D eigenvalue weighted by Gasteiger charge is 2.13. The van der Waals surface area contributed by atoms with Gasteiger partial charge in [0.25, 0.3) is 0 Å². The van der Waals surface area contributed by atoms with Gasteiger partial charge in [-0.3, -0.25) is 0 Å². The molecular formula is C12H8ClFO3S. The van der Waals surface area contributed by atoms with E-state index in [-0.39, 0.29) is 17.9 Å². The predicted molar refractivity (Wildman–Crippen MR) is 67.0 cm³/mol. The average Bonchev–Trinajstić information content (AvgIpc) is 2.73. The molecule has 6 heteroatoms. The molecule has 18 heavy (non-hydrogen) atoms. The van der Waals surface area contributed by atoms with Crippen molar-refractivity contribution < 1.29 is 19.0 Å². The fraction of sp³-hybridized carbons (Fsp3) is 0.0833. The standard InChI is InChI=1S/C12H8ClFO3S/c13-11-4-2-8(18-11)6-17-10-3-1-7(14)5-9(10)12(15)16/h1-5H,6H2,(H,15,16). The van der Waals surface area contributed by atoms with E-state index in [1.54, 1.807) is 12.1 Å². The molecule has 0 aliphatic rings. The molecule has 0 fully saturated rings. The molecule has 1 aromatic carbocycles.